The zero-order valence-corrected chi connectivity index (χ0v) is 11.1. The van der Waals surface area contributed by atoms with Gasteiger partial charge < -0.3 is 14.8 Å². The van der Waals surface area contributed by atoms with Crippen molar-refractivity contribution in [2.75, 3.05) is 25.1 Å². The molecule has 1 saturated heterocycles. The molecule has 1 atom stereocenters. The predicted molar refractivity (Wildman–Crippen MR) is 66.1 cm³/mol. The number of anilines is 1. The molecule has 1 aliphatic rings. The summed E-state index contributed by atoms with van der Waals surface area (Å²) in [6.45, 7) is 1.19. The number of pyridine rings is 1. The Bertz CT molecular complexity index is 424. The van der Waals surface area contributed by atoms with Crippen LogP contribution < -0.4 is 5.32 Å². The molecule has 0 saturated carbocycles. The van der Waals surface area contributed by atoms with Gasteiger partial charge in [-0.2, -0.15) is 0 Å². The monoisotopic (exact) mass is 320 g/mol. The molecule has 0 aromatic carbocycles. The molecule has 1 aliphatic heterocycles. The molecular weight excluding hydrogens is 311 g/mol. The van der Waals surface area contributed by atoms with Crippen LogP contribution in [0.5, 0.6) is 0 Å². The molecule has 5 nitrogen and oxygen atoms in total. The standard InChI is InChI=1S/C10H10BrClN2O3/c11-6-3-7(9(12)13-4-6)14-10(15)8-5-16-1-2-17-8/h3-4,8H,1-2,5H2,(H,14,15). The van der Waals surface area contributed by atoms with E-state index in [-0.39, 0.29) is 17.7 Å². The highest BCUT2D eigenvalue weighted by atomic mass is 79.9. The van der Waals surface area contributed by atoms with Crippen LogP contribution in [-0.4, -0.2) is 36.8 Å². The van der Waals surface area contributed by atoms with Crippen LogP contribution in [0.1, 0.15) is 0 Å². The molecule has 0 bridgehead atoms. The average molecular weight is 322 g/mol. The summed E-state index contributed by atoms with van der Waals surface area (Å²) in [4.78, 5) is 15.7. The van der Waals surface area contributed by atoms with Gasteiger partial charge in [0, 0.05) is 10.7 Å². The Hall–Kier alpha value is -0.690. The molecule has 0 spiro atoms. The summed E-state index contributed by atoms with van der Waals surface area (Å²) in [7, 11) is 0. The second kappa shape index (κ2) is 5.77. The summed E-state index contributed by atoms with van der Waals surface area (Å²) in [6, 6.07) is 1.68. The van der Waals surface area contributed by atoms with E-state index in [1.165, 1.54) is 0 Å². The topological polar surface area (TPSA) is 60.5 Å². The minimum absolute atomic E-state index is 0.235. The minimum Gasteiger partial charge on any atom is -0.376 e. The fraction of sp³-hybridized carbons (Fsp3) is 0.400. The maximum atomic E-state index is 11.8. The molecule has 1 aromatic rings. The second-order valence-electron chi connectivity index (χ2n) is 3.42. The van der Waals surface area contributed by atoms with Gasteiger partial charge in [0.2, 0.25) is 0 Å². The van der Waals surface area contributed by atoms with Gasteiger partial charge in [0.25, 0.3) is 5.91 Å². The summed E-state index contributed by atoms with van der Waals surface area (Å²) in [5.41, 5.74) is 0.445. The Balaban J connectivity index is 2.04. The Kier molecular flexibility index (Phi) is 4.33. The molecule has 0 aliphatic carbocycles. The van der Waals surface area contributed by atoms with Gasteiger partial charge in [0.05, 0.1) is 25.5 Å². The Morgan fingerprint density at radius 3 is 3.12 bits per heavy atom. The van der Waals surface area contributed by atoms with Crippen LogP contribution >= 0.6 is 27.5 Å². The zero-order chi connectivity index (χ0) is 12.3. The van der Waals surface area contributed by atoms with E-state index in [0.29, 0.717) is 18.9 Å². The molecule has 2 heterocycles. The summed E-state index contributed by atoms with van der Waals surface area (Å²) in [6.07, 6.45) is 0.955. The summed E-state index contributed by atoms with van der Waals surface area (Å²) < 4.78 is 11.2. The molecule has 7 heteroatoms. The van der Waals surface area contributed by atoms with E-state index >= 15 is 0 Å². The van der Waals surface area contributed by atoms with E-state index in [2.05, 4.69) is 26.2 Å². The Labute approximate surface area is 112 Å². The van der Waals surface area contributed by atoms with Crippen molar-refractivity contribution in [2.24, 2.45) is 0 Å². The lowest BCUT2D eigenvalue weighted by Crippen LogP contribution is -2.39. The van der Waals surface area contributed by atoms with Crippen molar-refractivity contribution in [3.05, 3.63) is 21.9 Å². The number of nitrogens with one attached hydrogen (secondary N) is 1. The minimum atomic E-state index is -0.598. The number of halogens is 2. The Morgan fingerprint density at radius 1 is 1.59 bits per heavy atom. The maximum Gasteiger partial charge on any atom is 0.256 e. The number of amides is 1. The van der Waals surface area contributed by atoms with Gasteiger partial charge >= 0.3 is 0 Å². The predicted octanol–water partition coefficient (Wildman–Crippen LogP) is 1.85. The number of rotatable bonds is 2. The Morgan fingerprint density at radius 2 is 2.41 bits per heavy atom. The van der Waals surface area contributed by atoms with E-state index in [4.69, 9.17) is 21.1 Å². The molecule has 1 amide bonds. The van der Waals surface area contributed by atoms with Crippen molar-refractivity contribution in [2.45, 2.75) is 6.10 Å². The highest BCUT2D eigenvalue weighted by Gasteiger charge is 2.23. The van der Waals surface area contributed by atoms with Crippen LogP contribution in [0.15, 0.2) is 16.7 Å². The van der Waals surface area contributed by atoms with Crippen LogP contribution in [0.3, 0.4) is 0 Å². The fourth-order valence-corrected chi connectivity index (χ4v) is 1.84. The highest BCUT2D eigenvalue weighted by Crippen LogP contribution is 2.23. The van der Waals surface area contributed by atoms with Gasteiger partial charge in [-0.15, -0.1) is 0 Å². The third kappa shape index (κ3) is 3.38. The van der Waals surface area contributed by atoms with E-state index in [9.17, 15) is 4.79 Å². The summed E-state index contributed by atoms with van der Waals surface area (Å²) in [5.74, 6) is -0.286. The number of hydrogen-bond donors (Lipinski definition) is 1. The van der Waals surface area contributed by atoms with E-state index in [0.717, 1.165) is 4.47 Å². The van der Waals surface area contributed by atoms with Crippen molar-refractivity contribution in [1.82, 2.24) is 4.98 Å². The average Bonchev–Trinajstić information content (AvgIpc) is 2.35. The molecule has 1 fully saturated rings. The van der Waals surface area contributed by atoms with Gasteiger partial charge in [0.15, 0.2) is 11.3 Å². The number of carbonyl (C=O) groups is 1. The molecule has 1 unspecified atom stereocenters. The first-order chi connectivity index (χ1) is 8.16. The third-order valence-corrected chi connectivity index (χ3v) is 2.91. The number of carbonyl (C=O) groups excluding carboxylic acids is 1. The molecule has 92 valence electrons. The highest BCUT2D eigenvalue weighted by molar-refractivity contribution is 9.10. The van der Waals surface area contributed by atoms with Gasteiger partial charge in [-0.3, -0.25) is 4.79 Å². The number of hydrogen-bond acceptors (Lipinski definition) is 4. The lowest BCUT2D eigenvalue weighted by atomic mass is 10.3. The van der Waals surface area contributed by atoms with Gasteiger partial charge in [-0.05, 0) is 22.0 Å². The van der Waals surface area contributed by atoms with Crippen molar-refractivity contribution in [1.29, 1.82) is 0 Å². The number of ether oxygens (including phenoxy) is 2. The lowest BCUT2D eigenvalue weighted by molar-refractivity contribution is -0.142. The second-order valence-corrected chi connectivity index (χ2v) is 4.69. The van der Waals surface area contributed by atoms with Gasteiger partial charge in [-0.1, -0.05) is 11.6 Å². The molecule has 17 heavy (non-hydrogen) atoms. The first kappa shape index (κ1) is 12.8. The molecule has 0 radical (unpaired) electrons. The number of aromatic nitrogens is 1. The largest absolute Gasteiger partial charge is 0.376 e. The maximum absolute atomic E-state index is 11.8. The van der Waals surface area contributed by atoms with Gasteiger partial charge in [0.1, 0.15) is 0 Å². The van der Waals surface area contributed by atoms with Crippen LogP contribution in [0, 0.1) is 0 Å². The number of nitrogens with zero attached hydrogens (tertiary/aromatic N) is 1. The molecular formula is C10H10BrClN2O3. The van der Waals surface area contributed by atoms with E-state index in [1.54, 1.807) is 12.3 Å². The normalized spacial score (nSPS) is 20.0. The molecule has 1 N–H and O–H groups in total. The zero-order valence-electron chi connectivity index (χ0n) is 8.78. The smallest absolute Gasteiger partial charge is 0.256 e. The van der Waals surface area contributed by atoms with Crippen LogP contribution in [0.4, 0.5) is 5.69 Å². The van der Waals surface area contributed by atoms with Crippen molar-refractivity contribution >= 4 is 39.1 Å². The molecule has 1 aromatic heterocycles. The molecule has 2 rings (SSSR count). The van der Waals surface area contributed by atoms with Gasteiger partial charge in [-0.25, -0.2) is 4.98 Å². The van der Waals surface area contributed by atoms with Crippen molar-refractivity contribution < 1.29 is 14.3 Å². The lowest BCUT2D eigenvalue weighted by Gasteiger charge is -2.22. The van der Waals surface area contributed by atoms with Crippen LogP contribution in [-0.2, 0) is 14.3 Å². The quantitative estimate of drug-likeness (QED) is 0.845. The first-order valence-electron chi connectivity index (χ1n) is 4.98. The fourth-order valence-electron chi connectivity index (χ4n) is 1.36. The van der Waals surface area contributed by atoms with Crippen molar-refractivity contribution in [3.8, 4) is 0 Å². The van der Waals surface area contributed by atoms with E-state index in [1.807, 2.05) is 0 Å². The van der Waals surface area contributed by atoms with Crippen molar-refractivity contribution in [3.63, 3.8) is 0 Å². The SMILES string of the molecule is O=C(Nc1cc(Br)cnc1Cl)C1COCCO1. The van der Waals surface area contributed by atoms with Crippen LogP contribution in [0.2, 0.25) is 5.15 Å². The first-order valence-corrected chi connectivity index (χ1v) is 6.15. The third-order valence-electron chi connectivity index (χ3n) is 2.17. The summed E-state index contributed by atoms with van der Waals surface area (Å²) >= 11 is 9.11. The summed E-state index contributed by atoms with van der Waals surface area (Å²) in [5, 5.41) is 2.89. The van der Waals surface area contributed by atoms with E-state index < -0.39 is 6.10 Å². The van der Waals surface area contributed by atoms with Crippen LogP contribution in [0.25, 0.3) is 0 Å².